The van der Waals surface area contributed by atoms with Crippen molar-refractivity contribution in [2.24, 2.45) is 0 Å². The third-order valence-corrected chi connectivity index (χ3v) is 12.8. The van der Waals surface area contributed by atoms with Crippen LogP contribution in [0, 0.1) is 0 Å². The molecule has 4 heteroatoms. The number of allylic oxidation sites excluding steroid dienone is 1. The predicted octanol–water partition coefficient (Wildman–Crippen LogP) is 8.75. The molecule has 0 aliphatic rings. The van der Waals surface area contributed by atoms with Crippen LogP contribution in [0.15, 0.2) is 72.8 Å². The van der Waals surface area contributed by atoms with Gasteiger partial charge in [-0.25, -0.2) is 0 Å². The number of methoxy groups -OCH3 is 1. The molecule has 0 heterocycles. The van der Waals surface area contributed by atoms with Gasteiger partial charge in [-0.05, 0) is 47.5 Å². The molecule has 216 valence electrons. The topological polar surface area (TPSA) is 35.5 Å². The van der Waals surface area contributed by atoms with Gasteiger partial charge in [0.15, 0.2) is 0 Å². The monoisotopic (exact) mass is 550 g/mol. The van der Waals surface area contributed by atoms with E-state index in [2.05, 4.69) is 101 Å². The van der Waals surface area contributed by atoms with Crippen molar-refractivity contribution in [3.8, 4) is 0 Å². The molecule has 0 bridgehead atoms. The van der Waals surface area contributed by atoms with Crippen molar-refractivity contribution in [3.05, 3.63) is 72.8 Å². The van der Waals surface area contributed by atoms with Gasteiger partial charge >= 0.3 is 5.97 Å². The largest absolute Gasteiger partial charge is 0.469 e. The molecule has 0 radical (unpaired) electrons. The Morgan fingerprint density at radius 3 is 1.92 bits per heavy atom. The number of rotatable bonds is 19. The van der Waals surface area contributed by atoms with Crippen molar-refractivity contribution in [3.63, 3.8) is 0 Å². The molecular weight excluding hydrogens is 496 g/mol. The number of benzene rings is 2. The second kappa shape index (κ2) is 18.2. The molecule has 39 heavy (non-hydrogen) atoms. The van der Waals surface area contributed by atoms with Gasteiger partial charge in [-0.15, -0.1) is 0 Å². The molecule has 0 aliphatic carbocycles. The summed E-state index contributed by atoms with van der Waals surface area (Å²) in [5.41, 5.74) is 0. The molecule has 0 saturated carbocycles. The Morgan fingerprint density at radius 1 is 0.795 bits per heavy atom. The number of unbranched alkanes of at least 4 members (excludes halogenated alkanes) is 8. The lowest BCUT2D eigenvalue weighted by Gasteiger charge is -2.45. The Balaban J connectivity index is 2.11. The summed E-state index contributed by atoms with van der Waals surface area (Å²) in [6, 6.07) is 22.1. The van der Waals surface area contributed by atoms with Crippen molar-refractivity contribution in [2.45, 2.75) is 122 Å². The van der Waals surface area contributed by atoms with E-state index in [1.54, 1.807) is 0 Å². The van der Waals surface area contributed by atoms with E-state index in [9.17, 15) is 4.79 Å². The standard InChI is InChI=1S/C35H54O3Si/c1-6-7-8-17-24-31(25-18-13-11-9-10-12-14-23-30-34(36)37-5)38-39(35(2,3)4,32-26-19-15-20-27-32)33-28-21-16-22-29-33/h13,15-16,18-22,26-29,31H,6-12,14,17,23-25,30H2,1-5H3/t31-/m1/s1. The SMILES string of the molecule is CCCCCC[C@H](CC=CCCCCCCCC(=O)OC)O[Si](c1ccccc1)(c1ccccc1)C(C)(C)C. The van der Waals surface area contributed by atoms with Crippen molar-refractivity contribution >= 4 is 24.7 Å². The minimum absolute atomic E-state index is 0.00500. The average Bonchev–Trinajstić information content (AvgIpc) is 2.94. The number of ether oxygens (including phenoxy) is 1. The normalized spacial score (nSPS) is 13.1. The second-order valence-electron chi connectivity index (χ2n) is 11.8. The number of carbonyl (C=O) groups excluding carboxylic acids is 1. The quantitative estimate of drug-likeness (QED) is 0.0759. The van der Waals surface area contributed by atoms with Crippen LogP contribution in [0.5, 0.6) is 0 Å². The first-order chi connectivity index (χ1) is 18.8. The van der Waals surface area contributed by atoms with Gasteiger partial charge in [0.2, 0.25) is 0 Å². The van der Waals surface area contributed by atoms with Gasteiger partial charge in [-0.3, -0.25) is 4.79 Å². The highest BCUT2D eigenvalue weighted by Crippen LogP contribution is 2.38. The van der Waals surface area contributed by atoms with Gasteiger partial charge in [0.1, 0.15) is 0 Å². The Kier molecular flexibility index (Phi) is 15.4. The first-order valence-corrected chi connectivity index (χ1v) is 17.3. The minimum Gasteiger partial charge on any atom is -0.469 e. The highest BCUT2D eigenvalue weighted by molar-refractivity contribution is 6.99. The maximum atomic E-state index is 11.2. The zero-order chi connectivity index (χ0) is 28.4. The maximum absolute atomic E-state index is 11.2. The van der Waals surface area contributed by atoms with E-state index in [1.165, 1.54) is 62.4 Å². The molecule has 2 aromatic rings. The van der Waals surface area contributed by atoms with Crippen molar-refractivity contribution in [1.29, 1.82) is 0 Å². The molecule has 0 amide bonds. The highest BCUT2D eigenvalue weighted by Gasteiger charge is 2.51. The van der Waals surface area contributed by atoms with E-state index in [4.69, 9.17) is 9.16 Å². The predicted molar refractivity (Wildman–Crippen MR) is 169 cm³/mol. The van der Waals surface area contributed by atoms with Gasteiger partial charge in [-0.2, -0.15) is 0 Å². The third kappa shape index (κ3) is 11.1. The second-order valence-corrected chi connectivity index (χ2v) is 16.1. The van der Waals surface area contributed by atoms with E-state index in [1.807, 2.05) is 0 Å². The van der Waals surface area contributed by atoms with Crippen molar-refractivity contribution in [1.82, 2.24) is 0 Å². The number of carbonyl (C=O) groups is 1. The van der Waals surface area contributed by atoms with Crippen LogP contribution >= 0.6 is 0 Å². The molecule has 3 nitrogen and oxygen atoms in total. The maximum Gasteiger partial charge on any atom is 0.305 e. The van der Waals surface area contributed by atoms with E-state index < -0.39 is 8.32 Å². The van der Waals surface area contributed by atoms with Gasteiger partial charge in [0.05, 0.1) is 7.11 Å². The van der Waals surface area contributed by atoms with Gasteiger partial charge in [0, 0.05) is 12.5 Å². The van der Waals surface area contributed by atoms with Crippen LogP contribution in [0.3, 0.4) is 0 Å². The van der Waals surface area contributed by atoms with Crippen LogP contribution in [-0.2, 0) is 14.0 Å². The fourth-order valence-corrected chi connectivity index (χ4v) is 10.2. The molecule has 0 fully saturated rings. The molecule has 0 N–H and O–H groups in total. The zero-order valence-electron chi connectivity index (χ0n) is 25.4. The van der Waals surface area contributed by atoms with Crippen LogP contribution < -0.4 is 10.4 Å². The Hall–Kier alpha value is -2.17. The van der Waals surface area contributed by atoms with Crippen molar-refractivity contribution < 1.29 is 14.0 Å². The zero-order valence-corrected chi connectivity index (χ0v) is 26.4. The lowest BCUT2D eigenvalue weighted by atomic mass is 10.1. The van der Waals surface area contributed by atoms with Crippen LogP contribution in [-0.4, -0.2) is 27.5 Å². The van der Waals surface area contributed by atoms with Crippen molar-refractivity contribution in [2.75, 3.05) is 7.11 Å². The molecule has 1 atom stereocenters. The highest BCUT2D eigenvalue weighted by atomic mass is 28.4. The van der Waals surface area contributed by atoms with Gasteiger partial charge < -0.3 is 9.16 Å². The fraction of sp³-hybridized carbons (Fsp3) is 0.571. The first kappa shape index (κ1) is 33.0. The van der Waals surface area contributed by atoms with Crippen LogP contribution in [0.4, 0.5) is 0 Å². The molecule has 2 aromatic carbocycles. The van der Waals surface area contributed by atoms with Crippen LogP contribution in [0.1, 0.15) is 111 Å². The van der Waals surface area contributed by atoms with Crippen LogP contribution in [0.25, 0.3) is 0 Å². The fourth-order valence-electron chi connectivity index (χ4n) is 5.49. The molecule has 0 spiro atoms. The lowest BCUT2D eigenvalue weighted by Crippen LogP contribution is -2.67. The lowest BCUT2D eigenvalue weighted by molar-refractivity contribution is -0.140. The van der Waals surface area contributed by atoms with Gasteiger partial charge in [0.25, 0.3) is 8.32 Å². The summed E-state index contributed by atoms with van der Waals surface area (Å²) in [4.78, 5) is 11.2. The summed E-state index contributed by atoms with van der Waals surface area (Å²) in [5.74, 6) is -0.0949. The summed E-state index contributed by atoms with van der Waals surface area (Å²) >= 11 is 0. The van der Waals surface area contributed by atoms with Crippen LogP contribution in [0.2, 0.25) is 5.04 Å². The molecule has 2 rings (SSSR count). The Labute approximate surface area is 240 Å². The third-order valence-electron chi connectivity index (χ3n) is 7.68. The smallest absolute Gasteiger partial charge is 0.305 e. The first-order valence-electron chi connectivity index (χ1n) is 15.4. The summed E-state index contributed by atoms with van der Waals surface area (Å²) in [6.45, 7) is 9.38. The summed E-state index contributed by atoms with van der Waals surface area (Å²) in [5, 5.41) is 2.71. The molecule has 0 saturated heterocycles. The molecular formula is C35H54O3Si. The summed E-state index contributed by atoms with van der Waals surface area (Å²) < 4.78 is 12.2. The van der Waals surface area contributed by atoms with E-state index in [-0.39, 0.29) is 17.1 Å². The molecule has 0 unspecified atom stereocenters. The molecule has 0 aromatic heterocycles. The summed E-state index contributed by atoms with van der Waals surface area (Å²) in [6.07, 6.45) is 19.3. The average molecular weight is 551 g/mol. The van der Waals surface area contributed by atoms with Gasteiger partial charge in [-0.1, -0.05) is 145 Å². The number of hydrogen-bond donors (Lipinski definition) is 0. The number of hydrogen-bond acceptors (Lipinski definition) is 3. The molecule has 0 aliphatic heterocycles. The minimum atomic E-state index is -2.55. The Morgan fingerprint density at radius 2 is 1.36 bits per heavy atom. The van der Waals surface area contributed by atoms with E-state index in [0.29, 0.717) is 6.42 Å². The number of esters is 1. The van der Waals surface area contributed by atoms with E-state index in [0.717, 1.165) is 32.1 Å². The summed E-state index contributed by atoms with van der Waals surface area (Å²) in [7, 11) is -1.09. The van der Waals surface area contributed by atoms with E-state index >= 15 is 0 Å². The Bertz CT molecular complexity index is 894.